The lowest BCUT2D eigenvalue weighted by Gasteiger charge is -2.41. The number of anilines is 1. The number of benzene rings is 4. The number of ketones is 1. The van der Waals surface area contributed by atoms with Gasteiger partial charge in [0.2, 0.25) is 5.91 Å². The molecule has 5 atom stereocenters. The summed E-state index contributed by atoms with van der Waals surface area (Å²) in [5.41, 5.74) is 4.90. The molecule has 17 nitrogen and oxygen atoms in total. The van der Waals surface area contributed by atoms with Gasteiger partial charge in [0.15, 0.2) is 23.2 Å². The normalized spacial score (nSPS) is 19.0. The summed E-state index contributed by atoms with van der Waals surface area (Å²) in [4.78, 5) is 62.8. The minimum absolute atomic E-state index is 0.0183. The van der Waals surface area contributed by atoms with Crippen molar-refractivity contribution in [2.75, 3.05) is 63.9 Å². The molecule has 0 radical (unpaired) electrons. The first-order chi connectivity index (χ1) is 39.8. The third kappa shape index (κ3) is 12.5. The molecule has 3 aliphatic heterocycles. The number of phenols is 1. The van der Waals surface area contributed by atoms with Crippen molar-refractivity contribution in [3.63, 3.8) is 0 Å². The van der Waals surface area contributed by atoms with E-state index in [-0.39, 0.29) is 126 Å². The number of ether oxygens (including phenoxy) is 2. The van der Waals surface area contributed by atoms with Crippen LogP contribution in [0.3, 0.4) is 0 Å². The van der Waals surface area contributed by atoms with Crippen LogP contribution in [0.1, 0.15) is 88.7 Å². The van der Waals surface area contributed by atoms with Crippen LogP contribution >= 0.6 is 22.9 Å². The van der Waals surface area contributed by atoms with Gasteiger partial charge in [0.1, 0.15) is 29.6 Å². The number of carbonyl (C=O) groups excluding carboxylic acids is 3. The zero-order valence-electron chi connectivity index (χ0n) is 47.0. The number of piperazine rings is 1. The van der Waals surface area contributed by atoms with Crippen molar-refractivity contribution in [1.29, 1.82) is 5.26 Å². The Labute approximate surface area is 489 Å². The fourth-order valence-corrected chi connectivity index (χ4v) is 12.9. The van der Waals surface area contributed by atoms with Crippen LogP contribution in [0.4, 0.5) is 14.6 Å². The second-order valence-corrected chi connectivity index (χ2v) is 24.1. The van der Waals surface area contributed by atoms with Gasteiger partial charge in [0.05, 0.1) is 58.4 Å². The van der Waals surface area contributed by atoms with E-state index in [9.17, 15) is 34.2 Å². The summed E-state index contributed by atoms with van der Waals surface area (Å²) < 4.78 is 49.7. The Hall–Kier alpha value is -7.57. The molecule has 434 valence electrons. The number of nitrogens with zero attached hydrogens (tertiary/aromatic N) is 9. The Kier molecular flexibility index (Phi) is 17.5. The second kappa shape index (κ2) is 24.7. The third-order valence-corrected chi connectivity index (χ3v) is 17.8. The number of aliphatic hydroxyl groups is 1. The largest absolute Gasteiger partial charge is 0.508 e. The van der Waals surface area contributed by atoms with Gasteiger partial charge in [-0.05, 0) is 95.5 Å². The number of piperidine rings is 1. The molecule has 0 unspecified atom stereocenters. The summed E-state index contributed by atoms with van der Waals surface area (Å²) in [6.45, 7) is 15.7. The van der Waals surface area contributed by atoms with Gasteiger partial charge in [0.25, 0.3) is 11.8 Å². The van der Waals surface area contributed by atoms with Crippen LogP contribution in [-0.4, -0.2) is 140 Å². The van der Waals surface area contributed by atoms with Gasteiger partial charge in [-0.2, -0.15) is 15.2 Å². The number of likely N-dealkylation sites (tertiary alicyclic amines) is 2. The molecule has 10 rings (SSSR count). The van der Waals surface area contributed by atoms with Crippen LogP contribution in [0.2, 0.25) is 5.02 Å². The monoisotopic (exact) mass is 1170 g/mol. The molecular weight excluding hydrogens is 1100 g/mol. The van der Waals surface area contributed by atoms with Crippen molar-refractivity contribution in [1.82, 2.24) is 34.8 Å². The maximum atomic E-state index is 17.3. The molecular formula is C62H66ClF2N9O8S. The van der Waals surface area contributed by atoms with Gasteiger partial charge in [-0.3, -0.25) is 19.3 Å². The number of phenolic OH excluding ortho intramolecular Hbond substituents is 1. The number of hydrogen-bond acceptors (Lipinski definition) is 16. The maximum absolute atomic E-state index is 17.3. The topological polar surface area (TPSA) is 212 Å². The summed E-state index contributed by atoms with van der Waals surface area (Å²) >= 11 is 8.53. The van der Waals surface area contributed by atoms with Crippen LogP contribution in [-0.2, 0) is 14.4 Å². The number of hydrogen-bond donors (Lipinski definition) is 2. The smallest absolute Gasteiger partial charge is 0.319 e. The van der Waals surface area contributed by atoms with Crippen molar-refractivity contribution in [2.24, 2.45) is 11.3 Å². The summed E-state index contributed by atoms with van der Waals surface area (Å²) in [5.74, 6) is -3.61. The molecule has 2 amide bonds. The molecule has 0 aliphatic carbocycles. The number of aryl methyl sites for hydroxylation is 1. The lowest BCUT2D eigenvalue weighted by atomic mass is 9.81. The van der Waals surface area contributed by atoms with E-state index in [4.69, 9.17) is 30.6 Å². The summed E-state index contributed by atoms with van der Waals surface area (Å²) in [5, 5.41) is 37.1. The molecule has 83 heavy (non-hydrogen) atoms. The fourth-order valence-electron chi connectivity index (χ4n) is 11.8. The highest BCUT2D eigenvalue weighted by atomic mass is 35.5. The number of aliphatic hydroxyl groups excluding tert-OH is 1. The Morgan fingerprint density at radius 2 is 1.75 bits per heavy atom. The zero-order chi connectivity index (χ0) is 58.9. The number of β-amino-alcohol motifs (C(OH)–C–C–N with tert-alkyl or cyclic N) is 1. The van der Waals surface area contributed by atoms with E-state index in [1.807, 2.05) is 63.5 Å². The van der Waals surface area contributed by atoms with Crippen LogP contribution in [0.15, 0.2) is 95.2 Å². The number of aromatic hydroxyl groups is 1. The number of halogens is 3. The molecule has 0 saturated carbocycles. The van der Waals surface area contributed by atoms with E-state index in [1.165, 1.54) is 15.9 Å². The number of Topliss-reactive ketones (excluding diaryl/α,β-unsaturated/α-hetero) is 1. The Balaban J connectivity index is 0.778. The number of carbonyl (C=O) groups is 3. The number of aromatic nitrogens is 4. The molecule has 2 N–H and O–H groups in total. The SMILES string of the molecule is C=C(F)C(=O)N1CCN(c2nc(OCCN3CCC(C)(COc4cc([C@@H](C(=O)N5C[C@H](O)C[C@H]5C(=O)C[C@@H](C)c5ccc(-c6scnc6C)cc5)C(C)C)on4)CC3)nc3c(F)c(-c4cc(O)cc5ccccc45)c(Cl)cc23)C[C@@H]1CC#N. The number of rotatable bonds is 19. The Morgan fingerprint density at radius 1 is 0.988 bits per heavy atom. The van der Waals surface area contributed by atoms with Crippen LogP contribution in [0.5, 0.6) is 17.6 Å². The predicted octanol–water partition coefficient (Wildman–Crippen LogP) is 10.8. The lowest BCUT2D eigenvalue weighted by molar-refractivity contribution is -0.140. The fraction of sp³-hybridized carbons (Fsp3) is 0.419. The summed E-state index contributed by atoms with van der Waals surface area (Å²) in [6.07, 6.45) is 0.945. The van der Waals surface area contributed by atoms with E-state index in [1.54, 1.807) is 52.6 Å². The highest BCUT2D eigenvalue weighted by Crippen LogP contribution is 2.44. The highest BCUT2D eigenvalue weighted by molar-refractivity contribution is 7.13. The van der Waals surface area contributed by atoms with Gasteiger partial charge in [-0.15, -0.1) is 11.3 Å². The second-order valence-electron chi connectivity index (χ2n) is 22.8. The standard InChI is InChI=1S/C62H66ClF2N9O8S/c1-35(2)53(60(79)74-32-44(76)28-49(74)50(77)25-36(3)39-11-13-40(14-12-39)57-38(5)67-34-83-57)51-30-52(70-82-51)81-33-62(6)16-19-71(20-17-62)23-24-80-61-68-56-47(58(69-61)72-21-22-73(59(78)37(4)64)42(31-72)15-18-66)29-48(63)54(55(56)65)46-27-43(75)26-41-9-7-8-10-45(41)46/h7-14,26-27,29-30,34-36,42,44,49,53,75-76H,4,15-17,19-25,28,31-33H2,1-3,5-6H3/t36-,42+,44-,49+,53+/m1/s1. The van der Waals surface area contributed by atoms with Gasteiger partial charge < -0.3 is 38.9 Å². The van der Waals surface area contributed by atoms with Crippen LogP contribution in [0.25, 0.3) is 43.2 Å². The molecule has 3 aliphatic rings. The molecule has 7 aromatic rings. The predicted molar refractivity (Wildman–Crippen MR) is 313 cm³/mol. The number of nitriles is 1. The number of amides is 2. The molecule has 0 bridgehead atoms. The minimum Gasteiger partial charge on any atom is -0.508 e. The summed E-state index contributed by atoms with van der Waals surface area (Å²) in [7, 11) is 0. The number of thiazole rings is 1. The molecule has 3 fully saturated rings. The third-order valence-electron chi connectivity index (χ3n) is 16.5. The van der Waals surface area contributed by atoms with Crippen molar-refractivity contribution in [3.8, 4) is 45.3 Å². The average Bonchev–Trinajstić information content (AvgIpc) is 3.68. The molecule has 3 aromatic heterocycles. The first kappa shape index (κ1) is 58.6. The Bertz CT molecular complexity index is 3620. The molecule has 3 saturated heterocycles. The van der Waals surface area contributed by atoms with Gasteiger partial charge in [-0.25, -0.2) is 13.8 Å². The lowest BCUT2D eigenvalue weighted by Crippen LogP contribution is -2.55. The number of fused-ring (bicyclic) bond motifs is 2. The van der Waals surface area contributed by atoms with Gasteiger partial charge in [-0.1, -0.05) is 94.4 Å². The van der Waals surface area contributed by atoms with E-state index < -0.39 is 41.7 Å². The van der Waals surface area contributed by atoms with Crippen molar-refractivity contribution in [2.45, 2.75) is 96.7 Å². The van der Waals surface area contributed by atoms with Crippen LogP contribution in [0, 0.1) is 35.4 Å². The zero-order valence-corrected chi connectivity index (χ0v) is 48.6. The average molecular weight is 1170 g/mol. The highest BCUT2D eigenvalue weighted by Gasteiger charge is 2.44. The van der Waals surface area contributed by atoms with Crippen LogP contribution < -0.4 is 14.4 Å². The summed E-state index contributed by atoms with van der Waals surface area (Å²) in [6, 6.07) is 22.1. The van der Waals surface area contributed by atoms with Gasteiger partial charge in [0, 0.05) is 68.0 Å². The van der Waals surface area contributed by atoms with E-state index in [2.05, 4.69) is 39.6 Å². The quantitative estimate of drug-likeness (QED) is 0.0721. The molecule has 6 heterocycles. The maximum Gasteiger partial charge on any atom is 0.319 e. The van der Waals surface area contributed by atoms with Gasteiger partial charge >= 0.3 is 6.01 Å². The Morgan fingerprint density at radius 3 is 2.46 bits per heavy atom. The minimum atomic E-state index is -1.14. The first-order valence-electron chi connectivity index (χ1n) is 27.9. The van der Waals surface area contributed by atoms with Crippen molar-refractivity contribution >= 4 is 68.0 Å². The van der Waals surface area contributed by atoms with E-state index in [0.29, 0.717) is 48.3 Å². The first-order valence-corrected chi connectivity index (χ1v) is 29.2. The van der Waals surface area contributed by atoms with Crippen molar-refractivity contribution in [3.05, 3.63) is 119 Å². The van der Waals surface area contributed by atoms with E-state index >= 15 is 4.39 Å². The van der Waals surface area contributed by atoms with Crippen molar-refractivity contribution < 1.29 is 47.4 Å². The molecule has 4 aromatic carbocycles. The van der Waals surface area contributed by atoms with E-state index in [0.717, 1.165) is 34.5 Å². The molecule has 0 spiro atoms. The molecule has 21 heteroatoms.